The molecule has 32 heavy (non-hydrogen) atoms. The van der Waals surface area contributed by atoms with Crippen LogP contribution in [0.15, 0.2) is 46.9 Å². The van der Waals surface area contributed by atoms with E-state index in [1.807, 2.05) is 31.2 Å². The van der Waals surface area contributed by atoms with Gasteiger partial charge in [0.2, 0.25) is 0 Å². The third kappa shape index (κ3) is 5.04. The molecule has 0 N–H and O–H groups in total. The zero-order chi connectivity index (χ0) is 22.7. The van der Waals surface area contributed by atoms with Gasteiger partial charge in [-0.3, -0.25) is 4.79 Å². The second kappa shape index (κ2) is 9.96. The van der Waals surface area contributed by atoms with E-state index >= 15 is 0 Å². The maximum Gasteiger partial charge on any atom is 0.310 e. The van der Waals surface area contributed by atoms with Crippen LogP contribution < -0.4 is 4.74 Å². The highest BCUT2D eigenvalue weighted by molar-refractivity contribution is 9.10. The average Bonchev–Trinajstić information content (AvgIpc) is 3.03. The molecule has 2 aromatic rings. The maximum absolute atomic E-state index is 12.1. The molecule has 0 unspecified atom stereocenters. The molecule has 5 heteroatoms. The third-order valence-electron chi connectivity index (χ3n) is 6.74. The topological polar surface area (TPSA) is 38.8 Å². The highest BCUT2D eigenvalue weighted by Gasteiger charge is 2.46. The van der Waals surface area contributed by atoms with Crippen LogP contribution in [0.1, 0.15) is 62.8 Å². The van der Waals surface area contributed by atoms with Crippen LogP contribution in [0.5, 0.6) is 5.75 Å². The molecule has 1 aliphatic carbocycles. The second-order valence-electron chi connectivity index (χ2n) is 9.40. The van der Waals surface area contributed by atoms with Crippen LogP contribution in [0.25, 0.3) is 0 Å². The summed E-state index contributed by atoms with van der Waals surface area (Å²) in [5, 5.41) is 0. The number of ether oxygens (including phenoxy) is 2. The summed E-state index contributed by atoms with van der Waals surface area (Å²) in [4.78, 5) is 14.7. The number of benzene rings is 2. The number of halogens is 1. The zero-order valence-electron chi connectivity index (χ0n) is 19.3. The van der Waals surface area contributed by atoms with Crippen LogP contribution in [-0.2, 0) is 21.4 Å². The Morgan fingerprint density at radius 2 is 1.91 bits per heavy atom. The summed E-state index contributed by atoms with van der Waals surface area (Å²) in [6.07, 6.45) is 3.50. The van der Waals surface area contributed by atoms with Gasteiger partial charge in [-0.05, 0) is 74.5 Å². The SMILES string of the molecule is CCOC(=O)Cc1ccccc1O[C@@H]1CC2(CCN(C[C](C)C)CC2)c2ccc(Br)cc21. The molecule has 1 aliphatic heterocycles. The van der Waals surface area contributed by atoms with Crippen LogP contribution in [0, 0.1) is 5.92 Å². The van der Waals surface area contributed by atoms with E-state index in [9.17, 15) is 4.79 Å². The first-order chi connectivity index (χ1) is 15.4. The van der Waals surface area contributed by atoms with Gasteiger partial charge in [-0.25, -0.2) is 0 Å². The number of piperidine rings is 1. The fourth-order valence-electron chi connectivity index (χ4n) is 5.31. The van der Waals surface area contributed by atoms with Gasteiger partial charge in [0.1, 0.15) is 11.9 Å². The van der Waals surface area contributed by atoms with Crippen LogP contribution in [0.3, 0.4) is 0 Å². The Bertz CT molecular complexity index is 950. The summed E-state index contributed by atoms with van der Waals surface area (Å²) >= 11 is 3.66. The van der Waals surface area contributed by atoms with E-state index in [2.05, 4.69) is 52.9 Å². The first kappa shape index (κ1) is 23.3. The zero-order valence-corrected chi connectivity index (χ0v) is 20.9. The Morgan fingerprint density at radius 3 is 2.62 bits per heavy atom. The minimum Gasteiger partial charge on any atom is -0.485 e. The highest BCUT2D eigenvalue weighted by atomic mass is 79.9. The van der Waals surface area contributed by atoms with Crippen molar-refractivity contribution in [3.05, 3.63) is 69.5 Å². The minimum absolute atomic E-state index is 0.0168. The predicted octanol–water partition coefficient (Wildman–Crippen LogP) is 6.03. The van der Waals surface area contributed by atoms with Crippen molar-refractivity contribution in [3.63, 3.8) is 0 Å². The molecule has 171 valence electrons. The lowest BCUT2D eigenvalue weighted by Crippen LogP contribution is -2.42. The second-order valence-corrected chi connectivity index (χ2v) is 10.3. The largest absolute Gasteiger partial charge is 0.485 e. The molecule has 1 saturated heterocycles. The van der Waals surface area contributed by atoms with Crippen molar-refractivity contribution in [3.8, 4) is 5.75 Å². The van der Waals surface area contributed by atoms with Crippen molar-refractivity contribution in [2.24, 2.45) is 0 Å². The molecular formula is C27H33BrNO3. The molecule has 4 rings (SSSR count). The van der Waals surface area contributed by atoms with E-state index in [4.69, 9.17) is 9.47 Å². The Morgan fingerprint density at radius 1 is 1.16 bits per heavy atom. The van der Waals surface area contributed by atoms with Crippen LogP contribution in [0.4, 0.5) is 0 Å². The Balaban J connectivity index is 1.57. The lowest BCUT2D eigenvalue weighted by atomic mass is 9.73. The van der Waals surface area contributed by atoms with E-state index < -0.39 is 0 Å². The fraction of sp³-hybridized carbons (Fsp3) is 0.481. The molecule has 1 radical (unpaired) electrons. The third-order valence-corrected chi connectivity index (χ3v) is 7.24. The van der Waals surface area contributed by atoms with Gasteiger partial charge in [0.15, 0.2) is 0 Å². The summed E-state index contributed by atoms with van der Waals surface area (Å²) in [5.41, 5.74) is 3.75. The number of esters is 1. The molecule has 1 spiro atoms. The van der Waals surface area contributed by atoms with Crippen LogP contribution in [-0.4, -0.2) is 37.1 Å². The summed E-state index contributed by atoms with van der Waals surface area (Å²) in [6.45, 7) is 9.97. The number of likely N-dealkylation sites (tertiary alicyclic amines) is 1. The molecule has 0 amide bonds. The number of carbonyl (C=O) groups excluding carboxylic acids is 1. The Kier molecular flexibility index (Phi) is 7.26. The number of hydrogen-bond donors (Lipinski definition) is 0. The van der Waals surface area contributed by atoms with Gasteiger partial charge < -0.3 is 14.4 Å². The maximum atomic E-state index is 12.1. The lowest BCUT2D eigenvalue weighted by Gasteiger charge is -2.40. The summed E-state index contributed by atoms with van der Waals surface area (Å²) in [6, 6.07) is 14.5. The molecule has 0 saturated carbocycles. The number of fused-ring (bicyclic) bond motifs is 2. The number of hydrogen-bond acceptors (Lipinski definition) is 4. The molecule has 2 aliphatic rings. The number of nitrogens with zero attached hydrogens (tertiary/aromatic N) is 1. The highest BCUT2D eigenvalue weighted by Crippen LogP contribution is 2.52. The van der Waals surface area contributed by atoms with E-state index in [1.54, 1.807) is 0 Å². The smallest absolute Gasteiger partial charge is 0.310 e. The van der Waals surface area contributed by atoms with Gasteiger partial charge in [0, 0.05) is 22.0 Å². The van der Waals surface area contributed by atoms with Crippen LogP contribution >= 0.6 is 15.9 Å². The average molecular weight is 499 g/mol. The minimum atomic E-state index is -0.218. The first-order valence-corrected chi connectivity index (χ1v) is 12.4. The molecule has 0 aromatic heterocycles. The number of rotatable bonds is 7. The van der Waals surface area contributed by atoms with Crippen molar-refractivity contribution in [1.29, 1.82) is 0 Å². The predicted molar refractivity (Wildman–Crippen MR) is 131 cm³/mol. The van der Waals surface area contributed by atoms with E-state index in [0.717, 1.165) is 54.7 Å². The molecule has 1 atom stereocenters. The van der Waals surface area contributed by atoms with Crippen molar-refractivity contribution < 1.29 is 14.3 Å². The number of para-hydroxylation sites is 1. The van der Waals surface area contributed by atoms with Crippen molar-refractivity contribution in [1.82, 2.24) is 4.90 Å². The molecule has 0 bridgehead atoms. The van der Waals surface area contributed by atoms with Crippen molar-refractivity contribution in [2.45, 2.75) is 58.0 Å². The van der Waals surface area contributed by atoms with Gasteiger partial charge in [-0.15, -0.1) is 0 Å². The monoisotopic (exact) mass is 498 g/mol. The van der Waals surface area contributed by atoms with Gasteiger partial charge in [0.05, 0.1) is 13.0 Å². The van der Waals surface area contributed by atoms with Gasteiger partial charge in [0.25, 0.3) is 0 Å². The molecule has 2 aromatic carbocycles. The molecule has 4 nitrogen and oxygen atoms in total. The van der Waals surface area contributed by atoms with E-state index in [1.165, 1.54) is 17.0 Å². The van der Waals surface area contributed by atoms with Gasteiger partial charge >= 0.3 is 5.97 Å². The van der Waals surface area contributed by atoms with Crippen molar-refractivity contribution in [2.75, 3.05) is 26.2 Å². The summed E-state index contributed by atoms with van der Waals surface area (Å²) < 4.78 is 12.9. The molecule has 1 fully saturated rings. The lowest BCUT2D eigenvalue weighted by molar-refractivity contribution is -0.142. The van der Waals surface area contributed by atoms with Gasteiger partial charge in [-0.1, -0.05) is 54.0 Å². The van der Waals surface area contributed by atoms with Gasteiger partial charge in [-0.2, -0.15) is 0 Å². The Hall–Kier alpha value is -1.85. The summed E-state index contributed by atoms with van der Waals surface area (Å²) in [5.74, 6) is 2.03. The standard InChI is InChI=1S/C27H33BrNO3/c1-4-31-26(30)15-20-7-5-6-8-24(20)32-25-17-27(23-10-9-21(28)16-22(23)25)11-13-29(14-12-27)18-19(2)3/h5-10,16,25H,4,11-15,17-18H2,1-3H3/t25-/m1/s1. The van der Waals surface area contributed by atoms with E-state index in [0.29, 0.717) is 6.61 Å². The van der Waals surface area contributed by atoms with E-state index in [-0.39, 0.29) is 23.9 Å². The Labute approximate surface area is 200 Å². The first-order valence-electron chi connectivity index (χ1n) is 11.6. The van der Waals surface area contributed by atoms with Crippen molar-refractivity contribution >= 4 is 21.9 Å². The molecule has 1 heterocycles. The summed E-state index contributed by atoms with van der Waals surface area (Å²) in [7, 11) is 0. The van der Waals surface area contributed by atoms with Crippen LogP contribution in [0.2, 0.25) is 0 Å². The molecular weight excluding hydrogens is 466 g/mol. The normalized spacial score (nSPS) is 19.8. The quantitative estimate of drug-likeness (QED) is 0.437. The number of carbonyl (C=O) groups is 1. The fourth-order valence-corrected chi connectivity index (χ4v) is 5.69.